The van der Waals surface area contributed by atoms with E-state index in [-0.39, 0.29) is 16.8 Å². The Hall–Kier alpha value is -2.35. The van der Waals surface area contributed by atoms with E-state index < -0.39 is 5.95 Å². The molecule has 4 N–H and O–H groups in total. The fourth-order valence-corrected chi connectivity index (χ4v) is 1.55. The van der Waals surface area contributed by atoms with Gasteiger partial charge in [-0.05, 0) is 19.0 Å². The lowest BCUT2D eigenvalue weighted by atomic mass is 10.3. The molecule has 0 bridgehead atoms. The van der Waals surface area contributed by atoms with Gasteiger partial charge >= 0.3 is 11.5 Å². The second-order valence-corrected chi connectivity index (χ2v) is 3.64. The minimum atomic E-state index is -0.424. The Balaban J connectivity index is 2.53. The average Bonchev–Trinajstić information content (AvgIpc) is 2.36. The standard InChI is InChI=1S/C10H13N5O3/c11-5-2-6-18-8-4-1-3-7-9(8)14(16)10(12)13-15(7)17/h1,3-4H,2,5-6,11H2,(H2,12,13). The molecule has 18 heavy (non-hydrogen) atoms. The number of ether oxygens (including phenoxy) is 1. The zero-order chi connectivity index (χ0) is 13.1. The molecule has 0 radical (unpaired) electrons. The van der Waals surface area contributed by atoms with Gasteiger partial charge in [0, 0.05) is 10.9 Å². The number of nitrogens with zero attached hydrogens (tertiary/aromatic N) is 3. The van der Waals surface area contributed by atoms with Gasteiger partial charge in [0.15, 0.2) is 5.75 Å². The fourth-order valence-electron chi connectivity index (χ4n) is 1.55. The minimum Gasteiger partial charge on any atom is -0.739 e. The van der Waals surface area contributed by atoms with Crippen LogP contribution in [0.2, 0.25) is 0 Å². The number of nitrogen functional groups attached to an aromatic ring is 1. The monoisotopic (exact) mass is 251 g/mol. The normalized spacial score (nSPS) is 10.7. The van der Waals surface area contributed by atoms with E-state index in [9.17, 15) is 10.4 Å². The number of rotatable bonds is 4. The zero-order valence-electron chi connectivity index (χ0n) is 9.57. The third-order valence-electron chi connectivity index (χ3n) is 2.39. The van der Waals surface area contributed by atoms with E-state index >= 15 is 0 Å². The highest BCUT2D eigenvalue weighted by atomic mass is 16.5. The number of hydrogen-bond donors (Lipinski definition) is 2. The summed E-state index contributed by atoms with van der Waals surface area (Å²) in [6.45, 7) is 0.837. The molecule has 1 aromatic heterocycles. The van der Waals surface area contributed by atoms with Crippen molar-refractivity contribution in [1.82, 2.24) is 5.10 Å². The highest BCUT2D eigenvalue weighted by Gasteiger charge is 2.20. The van der Waals surface area contributed by atoms with Crippen LogP contribution >= 0.6 is 0 Å². The minimum absolute atomic E-state index is 0.0667. The Morgan fingerprint density at radius 3 is 2.83 bits per heavy atom. The van der Waals surface area contributed by atoms with Crippen molar-refractivity contribution in [3.8, 4) is 5.75 Å². The Bertz CT molecular complexity index is 575. The Morgan fingerprint density at radius 2 is 2.11 bits per heavy atom. The summed E-state index contributed by atoms with van der Waals surface area (Å²) in [5.74, 6) is -0.137. The van der Waals surface area contributed by atoms with Crippen LogP contribution < -0.4 is 25.8 Å². The summed E-state index contributed by atoms with van der Waals surface area (Å²) in [7, 11) is 0. The van der Waals surface area contributed by atoms with Crippen LogP contribution in [0.3, 0.4) is 0 Å². The average molecular weight is 251 g/mol. The molecule has 96 valence electrons. The molecule has 2 rings (SSSR count). The van der Waals surface area contributed by atoms with Crippen LogP contribution in [-0.2, 0) is 0 Å². The molecule has 0 fully saturated rings. The van der Waals surface area contributed by atoms with E-state index in [4.69, 9.17) is 16.2 Å². The van der Waals surface area contributed by atoms with Gasteiger partial charge in [-0.15, -0.1) is 0 Å². The number of anilines is 1. The maximum absolute atomic E-state index is 11.8. The first-order valence-electron chi connectivity index (χ1n) is 5.39. The van der Waals surface area contributed by atoms with Gasteiger partial charge in [0.25, 0.3) is 0 Å². The van der Waals surface area contributed by atoms with Crippen molar-refractivity contribution < 1.29 is 14.3 Å². The van der Waals surface area contributed by atoms with Gasteiger partial charge in [0.05, 0.1) is 6.61 Å². The molecular weight excluding hydrogens is 238 g/mol. The van der Waals surface area contributed by atoms with Crippen LogP contribution in [-0.4, -0.2) is 18.3 Å². The first-order valence-corrected chi connectivity index (χ1v) is 5.39. The van der Waals surface area contributed by atoms with E-state index in [1.165, 1.54) is 6.07 Å². The van der Waals surface area contributed by atoms with E-state index in [1.807, 2.05) is 0 Å². The van der Waals surface area contributed by atoms with E-state index in [2.05, 4.69) is 5.10 Å². The second-order valence-electron chi connectivity index (χ2n) is 3.64. The van der Waals surface area contributed by atoms with Gasteiger partial charge in [-0.3, -0.25) is 5.73 Å². The number of hydrogen-bond acceptors (Lipinski definition) is 6. The summed E-state index contributed by atoms with van der Waals surface area (Å²) in [6.07, 6.45) is 0.646. The fraction of sp³-hybridized carbons (Fsp3) is 0.300. The van der Waals surface area contributed by atoms with Gasteiger partial charge in [0.2, 0.25) is 10.6 Å². The first kappa shape index (κ1) is 12.1. The Labute approximate surface area is 103 Å². The number of aromatic nitrogens is 3. The Kier molecular flexibility index (Phi) is 3.28. The molecule has 0 saturated carbocycles. The topological polar surface area (TPSA) is 128 Å². The van der Waals surface area contributed by atoms with Crippen molar-refractivity contribution in [3.05, 3.63) is 28.6 Å². The molecule has 0 aliphatic rings. The van der Waals surface area contributed by atoms with Crippen molar-refractivity contribution in [1.29, 1.82) is 0 Å². The van der Waals surface area contributed by atoms with E-state index in [1.54, 1.807) is 12.1 Å². The van der Waals surface area contributed by atoms with Crippen LogP contribution in [0.4, 0.5) is 5.95 Å². The van der Waals surface area contributed by atoms with E-state index in [0.29, 0.717) is 29.1 Å². The van der Waals surface area contributed by atoms with Crippen LogP contribution in [0.15, 0.2) is 18.2 Å². The van der Waals surface area contributed by atoms with Crippen molar-refractivity contribution in [3.63, 3.8) is 0 Å². The van der Waals surface area contributed by atoms with Crippen LogP contribution in [0.5, 0.6) is 5.75 Å². The van der Waals surface area contributed by atoms with Crippen LogP contribution in [0.25, 0.3) is 11.0 Å². The maximum atomic E-state index is 11.8. The Morgan fingerprint density at radius 1 is 1.33 bits per heavy atom. The predicted molar refractivity (Wildman–Crippen MR) is 63.2 cm³/mol. The number of benzene rings is 1. The highest BCUT2D eigenvalue weighted by molar-refractivity contribution is 5.75. The smallest absolute Gasteiger partial charge is 0.458 e. The van der Waals surface area contributed by atoms with Crippen LogP contribution in [0, 0.1) is 10.4 Å². The molecular formula is C10H13N5O3. The number of fused-ring (bicyclic) bond motifs is 1. The molecule has 1 aromatic carbocycles. The summed E-state index contributed by atoms with van der Waals surface area (Å²) in [5, 5.41) is 26.7. The quantitative estimate of drug-likeness (QED) is 0.399. The maximum Gasteiger partial charge on any atom is 0.458 e. The molecule has 0 spiro atoms. The zero-order valence-corrected chi connectivity index (χ0v) is 9.57. The predicted octanol–water partition coefficient (Wildman–Crippen LogP) is -1.19. The SMILES string of the molecule is NCCCOc1cccc2c1[n+]([O-])c(N)n[n+]2[O-]. The number of para-hydroxylation sites is 1. The molecule has 2 aromatic rings. The molecule has 8 heteroatoms. The molecule has 1 heterocycles. The summed E-state index contributed by atoms with van der Waals surface area (Å²) >= 11 is 0. The van der Waals surface area contributed by atoms with Crippen molar-refractivity contribution in [2.24, 2.45) is 5.73 Å². The summed E-state index contributed by atoms with van der Waals surface area (Å²) in [6, 6.07) is 4.66. The summed E-state index contributed by atoms with van der Waals surface area (Å²) < 4.78 is 5.79. The lowest BCUT2D eigenvalue weighted by Crippen LogP contribution is -2.44. The van der Waals surface area contributed by atoms with E-state index in [0.717, 1.165) is 0 Å². The highest BCUT2D eigenvalue weighted by Crippen LogP contribution is 2.20. The molecule has 0 unspecified atom stereocenters. The second kappa shape index (κ2) is 4.88. The molecule has 0 amide bonds. The first-order chi connectivity index (χ1) is 8.65. The van der Waals surface area contributed by atoms with Crippen LogP contribution in [0.1, 0.15) is 6.42 Å². The molecule has 0 atom stereocenters. The van der Waals surface area contributed by atoms with Gasteiger partial charge < -0.3 is 20.9 Å². The van der Waals surface area contributed by atoms with Gasteiger partial charge in [0.1, 0.15) is 0 Å². The van der Waals surface area contributed by atoms with Gasteiger partial charge in [-0.25, -0.2) is 4.73 Å². The molecule has 0 saturated heterocycles. The summed E-state index contributed by atoms with van der Waals surface area (Å²) in [4.78, 5) is 0.300. The largest absolute Gasteiger partial charge is 0.739 e. The molecule has 0 aliphatic carbocycles. The van der Waals surface area contributed by atoms with Crippen molar-refractivity contribution in [2.75, 3.05) is 18.9 Å². The third kappa shape index (κ3) is 2.05. The number of nitrogens with two attached hydrogens (primary N) is 2. The summed E-state index contributed by atoms with van der Waals surface area (Å²) in [5.41, 5.74) is 10.9. The van der Waals surface area contributed by atoms with Gasteiger partial charge in [-0.2, -0.15) is 0 Å². The molecule has 0 aliphatic heterocycles. The lowest BCUT2D eigenvalue weighted by Gasteiger charge is -2.11. The van der Waals surface area contributed by atoms with Crippen molar-refractivity contribution >= 4 is 17.0 Å². The molecule has 8 nitrogen and oxygen atoms in total. The third-order valence-corrected chi connectivity index (χ3v) is 2.39. The van der Waals surface area contributed by atoms with Crippen molar-refractivity contribution in [2.45, 2.75) is 6.42 Å². The lowest BCUT2D eigenvalue weighted by molar-refractivity contribution is -0.672. The van der Waals surface area contributed by atoms with Gasteiger partial charge in [-0.1, -0.05) is 6.07 Å².